The number of carbonyl (C=O) groups excluding carboxylic acids is 3. The van der Waals surface area contributed by atoms with Crippen LogP contribution in [0.1, 0.15) is 52.8 Å². The van der Waals surface area contributed by atoms with Gasteiger partial charge in [-0.3, -0.25) is 14.4 Å². The summed E-state index contributed by atoms with van der Waals surface area (Å²) in [4.78, 5) is 40.0. The van der Waals surface area contributed by atoms with E-state index in [0.717, 1.165) is 36.6 Å². The van der Waals surface area contributed by atoms with E-state index in [4.69, 9.17) is 0 Å². The molecule has 1 saturated heterocycles. The molecule has 0 saturated carbocycles. The predicted octanol–water partition coefficient (Wildman–Crippen LogP) is 4.39. The predicted molar refractivity (Wildman–Crippen MR) is 119 cm³/mol. The Morgan fingerprint density at radius 3 is 2.37 bits per heavy atom. The van der Waals surface area contributed by atoms with Crippen LogP contribution in [0.4, 0.5) is 11.4 Å². The summed E-state index contributed by atoms with van der Waals surface area (Å²) in [5.74, 6) is 0.484. The first-order valence-corrected chi connectivity index (χ1v) is 11.4. The van der Waals surface area contributed by atoms with Crippen molar-refractivity contribution < 1.29 is 14.4 Å². The van der Waals surface area contributed by atoms with Crippen LogP contribution in [-0.2, 0) is 4.79 Å². The number of carbonyl (C=O) groups is 3. The van der Waals surface area contributed by atoms with Crippen LogP contribution in [0.25, 0.3) is 0 Å². The van der Waals surface area contributed by atoms with E-state index in [9.17, 15) is 14.4 Å². The average molecular weight is 424 g/mol. The summed E-state index contributed by atoms with van der Waals surface area (Å²) in [5.41, 5.74) is 2.41. The number of fused-ring (bicyclic) bond motifs is 1. The third-order valence-electron chi connectivity index (χ3n) is 5.39. The molecule has 2 aliphatic rings. The van der Waals surface area contributed by atoms with Gasteiger partial charge < -0.3 is 15.5 Å². The van der Waals surface area contributed by atoms with Crippen LogP contribution in [0.5, 0.6) is 0 Å². The van der Waals surface area contributed by atoms with Gasteiger partial charge in [-0.25, -0.2) is 0 Å². The average Bonchev–Trinajstić information content (AvgIpc) is 3.13. The molecule has 6 nitrogen and oxygen atoms in total. The van der Waals surface area contributed by atoms with Gasteiger partial charge in [0.05, 0.1) is 5.69 Å². The van der Waals surface area contributed by atoms with Gasteiger partial charge >= 0.3 is 0 Å². The van der Waals surface area contributed by atoms with Crippen LogP contribution in [-0.4, -0.2) is 41.5 Å². The van der Waals surface area contributed by atoms with Crippen molar-refractivity contribution in [3.05, 3.63) is 53.6 Å². The topological polar surface area (TPSA) is 78.5 Å². The van der Waals surface area contributed by atoms with Gasteiger partial charge in [0.15, 0.2) is 0 Å². The highest BCUT2D eigenvalue weighted by atomic mass is 32.2. The molecule has 0 aliphatic carbocycles. The molecule has 0 spiro atoms. The fourth-order valence-electron chi connectivity index (χ4n) is 3.72. The second-order valence-electron chi connectivity index (χ2n) is 7.60. The smallest absolute Gasteiger partial charge is 0.255 e. The fraction of sp³-hybridized carbons (Fsp3) is 0.348. The molecule has 2 aliphatic heterocycles. The Balaban J connectivity index is 1.42. The molecule has 0 unspecified atom stereocenters. The van der Waals surface area contributed by atoms with E-state index >= 15 is 0 Å². The summed E-state index contributed by atoms with van der Waals surface area (Å²) in [7, 11) is 0. The lowest BCUT2D eigenvalue weighted by Gasteiger charge is -2.20. The number of anilines is 2. The zero-order chi connectivity index (χ0) is 20.9. The minimum atomic E-state index is -0.257. The maximum Gasteiger partial charge on any atom is 0.255 e. The van der Waals surface area contributed by atoms with Gasteiger partial charge in [0, 0.05) is 47.0 Å². The Kier molecular flexibility index (Phi) is 6.38. The summed E-state index contributed by atoms with van der Waals surface area (Å²) in [6, 6.07) is 12.4. The Morgan fingerprint density at radius 1 is 0.933 bits per heavy atom. The summed E-state index contributed by atoms with van der Waals surface area (Å²) < 4.78 is 0. The quantitative estimate of drug-likeness (QED) is 0.768. The SMILES string of the molecule is O=C1CCSc2ccc(C(=O)Nc3ccc(C(=O)N4CCCCCC4)cc3)cc2N1. The molecular weight excluding hydrogens is 398 g/mol. The Morgan fingerprint density at radius 2 is 1.63 bits per heavy atom. The van der Waals surface area contributed by atoms with Crippen molar-refractivity contribution in [2.75, 3.05) is 29.5 Å². The molecule has 0 aromatic heterocycles. The number of benzene rings is 2. The number of nitrogens with one attached hydrogen (secondary N) is 2. The van der Waals surface area contributed by atoms with Gasteiger partial charge in [-0.2, -0.15) is 0 Å². The van der Waals surface area contributed by atoms with Crippen molar-refractivity contribution in [1.82, 2.24) is 4.90 Å². The van der Waals surface area contributed by atoms with Crippen LogP contribution < -0.4 is 10.6 Å². The number of hydrogen-bond acceptors (Lipinski definition) is 4. The summed E-state index contributed by atoms with van der Waals surface area (Å²) in [5, 5.41) is 5.72. The summed E-state index contributed by atoms with van der Waals surface area (Å²) >= 11 is 1.60. The highest BCUT2D eigenvalue weighted by Crippen LogP contribution is 2.31. The third-order valence-corrected chi connectivity index (χ3v) is 6.46. The van der Waals surface area contributed by atoms with E-state index in [1.807, 2.05) is 11.0 Å². The number of likely N-dealkylation sites (tertiary alicyclic amines) is 1. The van der Waals surface area contributed by atoms with Crippen LogP contribution in [0.2, 0.25) is 0 Å². The normalized spacial score (nSPS) is 16.7. The van der Waals surface area contributed by atoms with Crippen molar-refractivity contribution >= 4 is 40.9 Å². The van der Waals surface area contributed by atoms with Crippen LogP contribution in [0.15, 0.2) is 47.4 Å². The Hall–Kier alpha value is -2.80. The summed E-state index contributed by atoms with van der Waals surface area (Å²) in [6.45, 7) is 1.62. The van der Waals surface area contributed by atoms with Crippen molar-refractivity contribution in [3.63, 3.8) is 0 Å². The summed E-state index contributed by atoms with van der Waals surface area (Å²) in [6.07, 6.45) is 4.93. The standard InChI is InChI=1S/C23H25N3O3S/c27-21-11-14-30-20-10-7-17(15-19(20)25-21)22(28)24-18-8-5-16(6-9-18)23(29)26-12-3-1-2-4-13-26/h5-10,15H,1-4,11-14H2,(H,24,28)(H,25,27). The molecule has 0 radical (unpaired) electrons. The van der Waals surface area contributed by atoms with Gasteiger partial charge in [0.1, 0.15) is 0 Å². The van der Waals surface area contributed by atoms with Gasteiger partial charge in [-0.15, -0.1) is 11.8 Å². The number of rotatable bonds is 3. The van der Waals surface area contributed by atoms with Gasteiger partial charge in [-0.1, -0.05) is 12.8 Å². The number of thioether (sulfide) groups is 1. The fourth-order valence-corrected chi connectivity index (χ4v) is 4.65. The first-order valence-electron chi connectivity index (χ1n) is 10.4. The molecule has 2 N–H and O–H groups in total. The molecule has 156 valence electrons. The first-order chi connectivity index (χ1) is 14.6. The number of hydrogen-bond donors (Lipinski definition) is 2. The molecule has 0 atom stereocenters. The van der Waals surface area contributed by atoms with Gasteiger partial charge in [-0.05, 0) is 55.3 Å². The van der Waals surface area contributed by atoms with E-state index in [2.05, 4.69) is 10.6 Å². The van der Waals surface area contributed by atoms with E-state index < -0.39 is 0 Å². The maximum atomic E-state index is 12.7. The minimum absolute atomic E-state index is 0.0385. The highest BCUT2D eigenvalue weighted by Gasteiger charge is 2.18. The van der Waals surface area contributed by atoms with Gasteiger partial charge in [0.2, 0.25) is 5.91 Å². The van der Waals surface area contributed by atoms with Gasteiger partial charge in [0.25, 0.3) is 11.8 Å². The largest absolute Gasteiger partial charge is 0.339 e. The molecule has 7 heteroatoms. The maximum absolute atomic E-state index is 12.7. The second kappa shape index (κ2) is 9.34. The third kappa shape index (κ3) is 4.84. The number of nitrogens with zero attached hydrogens (tertiary/aromatic N) is 1. The second-order valence-corrected chi connectivity index (χ2v) is 8.73. The van der Waals surface area contributed by atoms with Crippen LogP contribution >= 0.6 is 11.8 Å². The minimum Gasteiger partial charge on any atom is -0.339 e. The monoisotopic (exact) mass is 423 g/mol. The Bertz CT molecular complexity index is 951. The van der Waals surface area contributed by atoms with Crippen molar-refractivity contribution in [2.24, 2.45) is 0 Å². The lowest BCUT2D eigenvalue weighted by molar-refractivity contribution is -0.115. The zero-order valence-corrected chi connectivity index (χ0v) is 17.6. The molecular formula is C23H25N3O3S. The first kappa shape index (κ1) is 20.5. The molecule has 0 bridgehead atoms. The van der Waals surface area contributed by atoms with E-state index in [0.29, 0.717) is 28.9 Å². The molecule has 3 amide bonds. The van der Waals surface area contributed by atoms with E-state index in [1.165, 1.54) is 12.8 Å². The molecule has 2 heterocycles. The molecule has 2 aromatic carbocycles. The lowest BCUT2D eigenvalue weighted by Crippen LogP contribution is -2.31. The molecule has 4 rings (SSSR count). The zero-order valence-electron chi connectivity index (χ0n) is 16.8. The van der Waals surface area contributed by atoms with Crippen molar-refractivity contribution in [3.8, 4) is 0 Å². The van der Waals surface area contributed by atoms with Crippen molar-refractivity contribution in [1.29, 1.82) is 0 Å². The van der Waals surface area contributed by atoms with Crippen LogP contribution in [0, 0.1) is 0 Å². The number of amides is 3. The highest BCUT2D eigenvalue weighted by molar-refractivity contribution is 7.99. The Labute approximate surface area is 180 Å². The molecule has 30 heavy (non-hydrogen) atoms. The van der Waals surface area contributed by atoms with Crippen molar-refractivity contribution in [2.45, 2.75) is 37.0 Å². The molecule has 1 fully saturated rings. The van der Waals surface area contributed by atoms with E-state index in [-0.39, 0.29) is 17.7 Å². The molecule has 2 aromatic rings. The van der Waals surface area contributed by atoms with Crippen LogP contribution in [0.3, 0.4) is 0 Å². The van der Waals surface area contributed by atoms with E-state index in [1.54, 1.807) is 48.2 Å². The lowest BCUT2D eigenvalue weighted by atomic mass is 10.1.